The van der Waals surface area contributed by atoms with Gasteiger partial charge in [-0.1, -0.05) is 19.1 Å². The van der Waals surface area contributed by atoms with Crippen LogP contribution in [0.2, 0.25) is 0 Å². The van der Waals surface area contributed by atoms with Crippen molar-refractivity contribution in [3.05, 3.63) is 41.6 Å². The van der Waals surface area contributed by atoms with Crippen LogP contribution in [0, 0.1) is 6.92 Å². The molecule has 4 rings (SSSR count). The second-order valence-electron chi connectivity index (χ2n) is 7.82. The smallest absolute Gasteiger partial charge is 0.321 e. The molecule has 1 aromatic carbocycles. The number of anilines is 3. The maximum atomic E-state index is 12.6. The molecule has 2 aliphatic heterocycles. The normalized spacial score (nSPS) is 17.0. The molecule has 0 spiro atoms. The Morgan fingerprint density at radius 3 is 2.31 bits per heavy atom. The van der Waals surface area contributed by atoms with Crippen LogP contribution in [0.15, 0.2) is 30.3 Å². The molecule has 0 bridgehead atoms. The number of piperazine rings is 1. The summed E-state index contributed by atoms with van der Waals surface area (Å²) in [6.45, 7) is 9.14. The van der Waals surface area contributed by atoms with Crippen molar-refractivity contribution in [3.63, 3.8) is 0 Å². The van der Waals surface area contributed by atoms with E-state index >= 15 is 0 Å². The number of amides is 2. The Balaban J connectivity index is 1.35. The molecule has 2 amide bonds. The van der Waals surface area contributed by atoms with Gasteiger partial charge < -0.3 is 20.0 Å². The number of nitrogens with one attached hydrogen (secondary N) is 1. The molecule has 0 aliphatic carbocycles. The van der Waals surface area contributed by atoms with Gasteiger partial charge in [-0.05, 0) is 43.9 Å². The Labute approximate surface area is 172 Å². The lowest BCUT2D eigenvalue weighted by Crippen LogP contribution is -2.50. The van der Waals surface area contributed by atoms with Crippen LogP contribution in [0.1, 0.15) is 31.0 Å². The molecule has 154 valence electrons. The molecule has 1 aromatic heterocycles. The minimum absolute atomic E-state index is 0.0366. The van der Waals surface area contributed by atoms with Crippen LogP contribution in [-0.2, 0) is 6.42 Å². The van der Waals surface area contributed by atoms with E-state index < -0.39 is 0 Å². The number of hydrogen-bond acceptors (Lipinski definition) is 5. The maximum absolute atomic E-state index is 12.6. The summed E-state index contributed by atoms with van der Waals surface area (Å²) in [5, 5.41) is 3.01. The van der Waals surface area contributed by atoms with Gasteiger partial charge in [0.2, 0.25) is 5.95 Å². The third-order valence-corrected chi connectivity index (χ3v) is 5.72. The van der Waals surface area contributed by atoms with Crippen molar-refractivity contribution < 1.29 is 4.79 Å². The van der Waals surface area contributed by atoms with Crippen LogP contribution < -0.4 is 15.1 Å². The van der Waals surface area contributed by atoms with Crippen molar-refractivity contribution in [2.24, 2.45) is 0 Å². The molecule has 7 nitrogen and oxygen atoms in total. The van der Waals surface area contributed by atoms with E-state index in [1.54, 1.807) is 0 Å². The number of aromatic nitrogens is 2. The van der Waals surface area contributed by atoms with Gasteiger partial charge in [-0.3, -0.25) is 0 Å². The molecule has 0 unspecified atom stereocenters. The first-order chi connectivity index (χ1) is 14.1. The van der Waals surface area contributed by atoms with E-state index in [0.717, 1.165) is 55.7 Å². The third kappa shape index (κ3) is 4.60. The lowest BCUT2D eigenvalue weighted by atomic mass is 10.1. The number of benzene rings is 1. The van der Waals surface area contributed by atoms with E-state index in [9.17, 15) is 4.79 Å². The largest absolute Gasteiger partial charge is 0.353 e. The van der Waals surface area contributed by atoms with Crippen LogP contribution in [0.5, 0.6) is 0 Å². The minimum Gasteiger partial charge on any atom is -0.353 e. The van der Waals surface area contributed by atoms with E-state index in [2.05, 4.69) is 39.2 Å². The fourth-order valence-corrected chi connectivity index (χ4v) is 3.92. The lowest BCUT2D eigenvalue weighted by Gasteiger charge is -2.35. The van der Waals surface area contributed by atoms with Crippen LogP contribution in [0.4, 0.5) is 22.2 Å². The van der Waals surface area contributed by atoms with Gasteiger partial charge in [-0.15, -0.1) is 0 Å². The Kier molecular flexibility index (Phi) is 5.83. The highest BCUT2D eigenvalue weighted by atomic mass is 16.2. The standard InChI is InChI=1S/C22H30N6O/c1-3-18-6-8-19(9-7-18)24-22(29)28-14-12-26(13-15-28)20-16-17(2)23-21(25-20)27-10-4-5-11-27/h6-9,16H,3-5,10-15H2,1-2H3,(H,24,29). The van der Waals surface area contributed by atoms with Gasteiger partial charge in [0.25, 0.3) is 0 Å². The summed E-state index contributed by atoms with van der Waals surface area (Å²) in [4.78, 5) is 28.5. The summed E-state index contributed by atoms with van der Waals surface area (Å²) in [7, 11) is 0. The zero-order chi connectivity index (χ0) is 20.2. The molecule has 2 saturated heterocycles. The van der Waals surface area contributed by atoms with Gasteiger partial charge in [0, 0.05) is 56.7 Å². The molecule has 0 atom stereocenters. The number of hydrogen-bond donors (Lipinski definition) is 1. The van der Waals surface area contributed by atoms with Crippen molar-refractivity contribution in [2.45, 2.75) is 33.1 Å². The number of urea groups is 1. The summed E-state index contributed by atoms with van der Waals surface area (Å²) in [6.07, 6.45) is 3.42. The maximum Gasteiger partial charge on any atom is 0.321 e. The molecule has 2 fully saturated rings. The highest BCUT2D eigenvalue weighted by Crippen LogP contribution is 2.22. The molecule has 2 aliphatic rings. The minimum atomic E-state index is -0.0366. The van der Waals surface area contributed by atoms with Gasteiger partial charge >= 0.3 is 6.03 Å². The second kappa shape index (κ2) is 8.68. The first-order valence-electron chi connectivity index (χ1n) is 10.6. The molecule has 3 heterocycles. The molecule has 7 heteroatoms. The van der Waals surface area contributed by atoms with Gasteiger partial charge in [0.15, 0.2) is 0 Å². The fourth-order valence-electron chi connectivity index (χ4n) is 3.92. The van der Waals surface area contributed by atoms with E-state index in [-0.39, 0.29) is 6.03 Å². The molecular formula is C22H30N6O. The number of rotatable bonds is 4. The fraction of sp³-hybridized carbons (Fsp3) is 0.500. The average Bonchev–Trinajstić information content (AvgIpc) is 3.29. The average molecular weight is 395 g/mol. The Morgan fingerprint density at radius 2 is 1.66 bits per heavy atom. The zero-order valence-corrected chi connectivity index (χ0v) is 17.4. The number of aryl methyl sites for hydroxylation is 2. The molecule has 0 radical (unpaired) electrons. The van der Waals surface area contributed by atoms with Gasteiger partial charge in [0.05, 0.1) is 0 Å². The van der Waals surface area contributed by atoms with Gasteiger partial charge in [-0.2, -0.15) is 4.98 Å². The van der Waals surface area contributed by atoms with E-state index in [1.807, 2.05) is 30.0 Å². The lowest BCUT2D eigenvalue weighted by molar-refractivity contribution is 0.208. The number of nitrogens with zero attached hydrogens (tertiary/aromatic N) is 5. The van der Waals surface area contributed by atoms with Crippen molar-refractivity contribution >= 4 is 23.5 Å². The van der Waals surface area contributed by atoms with E-state index in [0.29, 0.717) is 13.1 Å². The predicted octanol–water partition coefficient (Wildman–Crippen LogP) is 3.30. The van der Waals surface area contributed by atoms with E-state index in [4.69, 9.17) is 4.98 Å². The predicted molar refractivity (Wildman–Crippen MR) is 117 cm³/mol. The molecule has 2 aromatic rings. The van der Waals surface area contributed by atoms with Crippen LogP contribution >= 0.6 is 0 Å². The quantitative estimate of drug-likeness (QED) is 0.862. The monoisotopic (exact) mass is 394 g/mol. The first kappa shape index (κ1) is 19.5. The highest BCUT2D eigenvalue weighted by molar-refractivity contribution is 5.89. The highest BCUT2D eigenvalue weighted by Gasteiger charge is 2.23. The van der Waals surface area contributed by atoms with Crippen molar-refractivity contribution in [3.8, 4) is 0 Å². The number of carbonyl (C=O) groups is 1. The zero-order valence-electron chi connectivity index (χ0n) is 17.4. The van der Waals surface area contributed by atoms with Gasteiger partial charge in [0.1, 0.15) is 5.82 Å². The third-order valence-electron chi connectivity index (χ3n) is 5.72. The van der Waals surface area contributed by atoms with E-state index in [1.165, 1.54) is 18.4 Å². The Morgan fingerprint density at radius 1 is 0.966 bits per heavy atom. The summed E-state index contributed by atoms with van der Waals surface area (Å²) in [6, 6.07) is 10.1. The Hall–Kier alpha value is -2.83. The van der Waals surface area contributed by atoms with Crippen molar-refractivity contribution in [1.82, 2.24) is 14.9 Å². The first-order valence-corrected chi connectivity index (χ1v) is 10.6. The SMILES string of the molecule is CCc1ccc(NC(=O)N2CCN(c3cc(C)nc(N4CCCC4)n3)CC2)cc1. The molecular weight excluding hydrogens is 364 g/mol. The summed E-state index contributed by atoms with van der Waals surface area (Å²) in [5.74, 6) is 1.81. The van der Waals surface area contributed by atoms with Crippen molar-refractivity contribution in [2.75, 3.05) is 54.4 Å². The van der Waals surface area contributed by atoms with Crippen LogP contribution in [-0.4, -0.2) is 60.2 Å². The summed E-state index contributed by atoms with van der Waals surface area (Å²) >= 11 is 0. The number of carbonyl (C=O) groups excluding carboxylic acids is 1. The van der Waals surface area contributed by atoms with Crippen LogP contribution in [0.25, 0.3) is 0 Å². The molecule has 29 heavy (non-hydrogen) atoms. The summed E-state index contributed by atoms with van der Waals surface area (Å²) in [5.41, 5.74) is 3.11. The molecule has 0 saturated carbocycles. The topological polar surface area (TPSA) is 64.6 Å². The Bertz CT molecular complexity index is 839. The second-order valence-corrected chi connectivity index (χ2v) is 7.82. The van der Waals surface area contributed by atoms with Crippen molar-refractivity contribution in [1.29, 1.82) is 0 Å². The van der Waals surface area contributed by atoms with Crippen LogP contribution in [0.3, 0.4) is 0 Å². The summed E-state index contributed by atoms with van der Waals surface area (Å²) < 4.78 is 0. The molecule has 1 N–H and O–H groups in total. The van der Waals surface area contributed by atoms with Gasteiger partial charge in [-0.25, -0.2) is 9.78 Å².